The van der Waals surface area contributed by atoms with Crippen LogP contribution in [0, 0.1) is 0 Å². The molecule has 0 saturated heterocycles. The molecule has 4 aromatic rings. The third-order valence-corrected chi connectivity index (χ3v) is 5.24. The molecule has 1 N–H and O–H groups in total. The molecule has 172 valence electrons. The van der Waals surface area contributed by atoms with E-state index < -0.39 is 17.8 Å². The molecule has 4 rings (SSSR count). The number of amides is 1. The molecular formula is C21H18ClF3N6O2. The summed E-state index contributed by atoms with van der Waals surface area (Å²) < 4.78 is 48.6. The van der Waals surface area contributed by atoms with E-state index in [1.54, 1.807) is 35.1 Å². The first-order valence-electron chi connectivity index (χ1n) is 9.81. The van der Waals surface area contributed by atoms with E-state index in [0.717, 1.165) is 12.3 Å². The topological polar surface area (TPSA) is 86.3 Å². The van der Waals surface area contributed by atoms with Crippen LogP contribution in [0.2, 0.25) is 5.02 Å². The van der Waals surface area contributed by atoms with E-state index in [2.05, 4.69) is 20.5 Å². The van der Waals surface area contributed by atoms with Gasteiger partial charge in [-0.25, -0.2) is 9.50 Å². The van der Waals surface area contributed by atoms with Gasteiger partial charge in [-0.3, -0.25) is 9.48 Å². The fourth-order valence-electron chi connectivity index (χ4n) is 3.21. The Hall–Kier alpha value is -3.60. The number of ether oxygens (including phenoxy) is 1. The van der Waals surface area contributed by atoms with E-state index in [4.69, 9.17) is 16.3 Å². The van der Waals surface area contributed by atoms with E-state index in [1.807, 2.05) is 6.92 Å². The maximum atomic E-state index is 13.8. The minimum atomic E-state index is -4.72. The van der Waals surface area contributed by atoms with Crippen LogP contribution in [0.4, 0.5) is 13.2 Å². The van der Waals surface area contributed by atoms with Crippen LogP contribution in [0.5, 0.6) is 5.75 Å². The van der Waals surface area contributed by atoms with E-state index in [1.165, 1.54) is 7.11 Å². The molecule has 12 heteroatoms. The quantitative estimate of drug-likeness (QED) is 0.448. The number of rotatable bonds is 6. The van der Waals surface area contributed by atoms with Crippen molar-refractivity contribution in [3.8, 4) is 17.0 Å². The summed E-state index contributed by atoms with van der Waals surface area (Å²) >= 11 is 6.11. The number of aromatic nitrogens is 5. The third-order valence-electron chi connectivity index (χ3n) is 4.92. The number of fused-ring (bicyclic) bond motifs is 1. The monoisotopic (exact) mass is 478 g/mol. The Morgan fingerprint density at radius 1 is 1.24 bits per heavy atom. The molecule has 0 spiro atoms. The fraction of sp³-hybridized carbons (Fsp3) is 0.238. The van der Waals surface area contributed by atoms with E-state index in [-0.39, 0.29) is 23.4 Å². The lowest BCUT2D eigenvalue weighted by atomic mass is 10.1. The van der Waals surface area contributed by atoms with Crippen molar-refractivity contribution in [2.75, 3.05) is 7.11 Å². The molecule has 8 nitrogen and oxygen atoms in total. The lowest BCUT2D eigenvalue weighted by molar-refractivity contribution is -0.142. The number of benzene rings is 1. The third kappa shape index (κ3) is 4.49. The van der Waals surface area contributed by atoms with Crippen LogP contribution in [0.3, 0.4) is 0 Å². The van der Waals surface area contributed by atoms with Gasteiger partial charge < -0.3 is 10.1 Å². The molecular weight excluding hydrogens is 461 g/mol. The smallest absolute Gasteiger partial charge is 0.433 e. The Balaban J connectivity index is 1.72. The minimum Gasteiger partial charge on any atom is -0.497 e. The second-order valence-corrected chi connectivity index (χ2v) is 7.42. The van der Waals surface area contributed by atoms with Gasteiger partial charge in [0.15, 0.2) is 11.3 Å². The zero-order valence-electron chi connectivity index (χ0n) is 17.5. The van der Waals surface area contributed by atoms with Crippen LogP contribution in [-0.2, 0) is 19.3 Å². The van der Waals surface area contributed by atoms with Gasteiger partial charge >= 0.3 is 6.18 Å². The number of alkyl halides is 3. The van der Waals surface area contributed by atoms with Crippen LogP contribution in [0.25, 0.3) is 16.9 Å². The zero-order chi connectivity index (χ0) is 23.8. The molecule has 0 aliphatic heterocycles. The summed E-state index contributed by atoms with van der Waals surface area (Å²) in [6, 6.07) is 7.27. The number of nitrogens with zero attached hydrogens (tertiary/aromatic N) is 5. The predicted octanol–water partition coefficient (Wildman–Crippen LogP) is 4.22. The maximum absolute atomic E-state index is 13.8. The largest absolute Gasteiger partial charge is 0.497 e. The molecule has 0 atom stereocenters. The number of methoxy groups -OCH3 is 1. The van der Waals surface area contributed by atoms with Gasteiger partial charge in [-0.15, -0.1) is 0 Å². The Labute approximate surface area is 190 Å². The Morgan fingerprint density at radius 3 is 2.58 bits per heavy atom. The highest BCUT2D eigenvalue weighted by Gasteiger charge is 2.36. The number of halogens is 4. The van der Waals surface area contributed by atoms with Crippen LogP contribution < -0.4 is 10.1 Å². The summed E-state index contributed by atoms with van der Waals surface area (Å²) in [4.78, 5) is 17.1. The van der Waals surface area contributed by atoms with Crippen molar-refractivity contribution < 1.29 is 22.7 Å². The number of hydrogen-bond acceptors (Lipinski definition) is 5. The lowest BCUT2D eigenvalue weighted by Crippen LogP contribution is -2.23. The lowest BCUT2D eigenvalue weighted by Gasteiger charge is -2.12. The average Bonchev–Trinajstić information content (AvgIpc) is 3.39. The first kappa shape index (κ1) is 22.6. The van der Waals surface area contributed by atoms with Crippen molar-refractivity contribution >= 4 is 23.2 Å². The number of carbonyl (C=O) groups excluding carboxylic acids is 1. The molecule has 0 saturated carbocycles. The van der Waals surface area contributed by atoms with E-state index in [0.29, 0.717) is 33.1 Å². The van der Waals surface area contributed by atoms with Crippen LogP contribution in [0.15, 0.2) is 42.7 Å². The molecule has 1 aromatic carbocycles. The van der Waals surface area contributed by atoms with Crippen LogP contribution >= 0.6 is 11.6 Å². The van der Waals surface area contributed by atoms with Crippen molar-refractivity contribution in [3.05, 3.63) is 64.7 Å². The maximum Gasteiger partial charge on any atom is 0.433 e. The normalized spacial score (nSPS) is 11.7. The molecule has 0 aliphatic rings. The summed E-state index contributed by atoms with van der Waals surface area (Å²) in [6.45, 7) is 2.47. The van der Waals surface area contributed by atoms with Crippen molar-refractivity contribution in [1.82, 2.24) is 29.7 Å². The predicted molar refractivity (Wildman–Crippen MR) is 114 cm³/mol. The Morgan fingerprint density at radius 2 is 1.97 bits per heavy atom. The number of hydrogen-bond donors (Lipinski definition) is 1. The van der Waals surface area contributed by atoms with Crippen molar-refractivity contribution in [1.29, 1.82) is 0 Å². The summed E-state index contributed by atoms with van der Waals surface area (Å²) in [5, 5.41) is 11.0. The number of carbonyl (C=O) groups is 1. The van der Waals surface area contributed by atoms with Gasteiger partial charge in [0.2, 0.25) is 0 Å². The minimum absolute atomic E-state index is 0.00763. The summed E-state index contributed by atoms with van der Waals surface area (Å²) in [5.74, 6) is -0.107. The number of nitrogens with one attached hydrogen (secondary N) is 1. The van der Waals surface area contributed by atoms with Crippen molar-refractivity contribution in [2.45, 2.75) is 26.2 Å². The summed E-state index contributed by atoms with van der Waals surface area (Å²) in [7, 11) is 1.48. The summed E-state index contributed by atoms with van der Waals surface area (Å²) in [5.41, 5.74) is -0.487. The summed E-state index contributed by atoms with van der Waals surface area (Å²) in [6.07, 6.45) is -2.05. The van der Waals surface area contributed by atoms with Gasteiger partial charge in [-0.2, -0.15) is 23.4 Å². The van der Waals surface area contributed by atoms with Crippen LogP contribution in [0.1, 0.15) is 28.7 Å². The molecule has 33 heavy (non-hydrogen) atoms. The number of aryl methyl sites for hydroxylation is 1. The molecule has 0 radical (unpaired) electrons. The molecule has 3 heterocycles. The molecule has 3 aromatic heterocycles. The van der Waals surface area contributed by atoms with Gasteiger partial charge in [0.25, 0.3) is 5.91 Å². The second-order valence-electron chi connectivity index (χ2n) is 7.01. The highest BCUT2D eigenvalue weighted by atomic mass is 35.5. The molecule has 0 unspecified atom stereocenters. The standard InChI is InChI=1S/C21H18ClF3N6O2/c1-3-30-11-15(22)17(29-30)10-26-20(32)14-9-27-31-18(21(23,24)25)8-16(28-19(14)31)12-4-6-13(33-2)7-5-12/h4-9,11H,3,10H2,1-2H3,(H,26,32). The highest BCUT2D eigenvalue weighted by molar-refractivity contribution is 6.31. The SMILES string of the molecule is CCn1cc(Cl)c(CNC(=O)c2cnn3c(C(F)(F)F)cc(-c4ccc(OC)cc4)nc23)n1. The van der Waals surface area contributed by atoms with Crippen molar-refractivity contribution in [3.63, 3.8) is 0 Å². The molecule has 1 amide bonds. The van der Waals surface area contributed by atoms with E-state index >= 15 is 0 Å². The van der Waals surface area contributed by atoms with Crippen LogP contribution in [-0.4, -0.2) is 37.4 Å². The zero-order valence-corrected chi connectivity index (χ0v) is 18.3. The second kappa shape index (κ2) is 8.74. The van der Waals surface area contributed by atoms with Gasteiger partial charge in [-0.05, 0) is 37.3 Å². The first-order valence-corrected chi connectivity index (χ1v) is 10.2. The highest BCUT2D eigenvalue weighted by Crippen LogP contribution is 2.33. The van der Waals surface area contributed by atoms with Gasteiger partial charge in [0.05, 0.1) is 30.6 Å². The molecule has 0 fully saturated rings. The first-order chi connectivity index (χ1) is 15.7. The average molecular weight is 479 g/mol. The van der Waals surface area contributed by atoms with Gasteiger partial charge in [0, 0.05) is 18.3 Å². The fourth-order valence-corrected chi connectivity index (χ4v) is 3.43. The molecule has 0 aliphatic carbocycles. The molecule has 0 bridgehead atoms. The van der Waals surface area contributed by atoms with E-state index in [9.17, 15) is 18.0 Å². The Bertz CT molecular complexity index is 1310. The van der Waals surface area contributed by atoms with Gasteiger partial charge in [0.1, 0.15) is 17.0 Å². The van der Waals surface area contributed by atoms with Crippen molar-refractivity contribution in [2.24, 2.45) is 0 Å². The van der Waals surface area contributed by atoms with Gasteiger partial charge in [-0.1, -0.05) is 11.6 Å². The Kier molecular flexibility index (Phi) is 5.98.